The zero-order valence-electron chi connectivity index (χ0n) is 8.23. The molecule has 1 aromatic rings. The van der Waals surface area contributed by atoms with Crippen molar-refractivity contribution in [2.24, 2.45) is 0 Å². The molecule has 6 nitrogen and oxygen atoms in total. The van der Waals surface area contributed by atoms with Gasteiger partial charge in [-0.2, -0.15) is 15.0 Å². The van der Waals surface area contributed by atoms with Crippen molar-refractivity contribution in [2.75, 3.05) is 25.1 Å². The summed E-state index contributed by atoms with van der Waals surface area (Å²) in [5.41, 5.74) is 0. The first kappa shape index (κ1) is 10.4. The van der Waals surface area contributed by atoms with Gasteiger partial charge in [-0.3, -0.25) is 0 Å². The quantitative estimate of drug-likeness (QED) is 0.823. The van der Waals surface area contributed by atoms with Crippen LogP contribution in [-0.4, -0.2) is 40.8 Å². The van der Waals surface area contributed by atoms with Crippen LogP contribution < -0.4 is 10.1 Å². The second kappa shape index (κ2) is 4.59. The van der Waals surface area contributed by atoms with Crippen molar-refractivity contribution in [1.82, 2.24) is 15.0 Å². The molecular weight excluding hydrogens is 220 g/mol. The van der Waals surface area contributed by atoms with Crippen molar-refractivity contribution >= 4 is 17.5 Å². The average Bonchev–Trinajstić information content (AvgIpc) is 2.11. The monoisotopic (exact) mass is 230 g/mol. The minimum absolute atomic E-state index is 0.0259. The summed E-state index contributed by atoms with van der Waals surface area (Å²) in [4.78, 5) is 11.8. The van der Waals surface area contributed by atoms with Crippen molar-refractivity contribution in [2.45, 2.75) is 13.0 Å². The van der Waals surface area contributed by atoms with Crippen molar-refractivity contribution < 1.29 is 9.47 Å². The van der Waals surface area contributed by atoms with Crippen LogP contribution in [0.2, 0.25) is 5.28 Å². The van der Waals surface area contributed by atoms with Gasteiger partial charge in [0.15, 0.2) is 0 Å². The van der Waals surface area contributed by atoms with Crippen molar-refractivity contribution in [3.05, 3.63) is 5.28 Å². The van der Waals surface area contributed by atoms with Crippen molar-refractivity contribution in [3.8, 4) is 6.01 Å². The van der Waals surface area contributed by atoms with E-state index in [1.54, 1.807) is 0 Å². The highest BCUT2D eigenvalue weighted by Gasteiger charge is 2.21. The first-order valence-electron chi connectivity index (χ1n) is 4.67. The summed E-state index contributed by atoms with van der Waals surface area (Å²) in [7, 11) is 0. The van der Waals surface area contributed by atoms with Gasteiger partial charge in [-0.15, -0.1) is 0 Å². The van der Waals surface area contributed by atoms with Crippen LogP contribution >= 0.6 is 11.6 Å². The van der Waals surface area contributed by atoms with Gasteiger partial charge >= 0.3 is 6.01 Å². The molecule has 0 amide bonds. The third-order valence-electron chi connectivity index (χ3n) is 1.80. The SMILES string of the molecule is CCNc1nc(Cl)nc(OC2COC2)n1. The largest absolute Gasteiger partial charge is 0.455 e. The van der Waals surface area contributed by atoms with Crippen molar-refractivity contribution in [1.29, 1.82) is 0 Å². The van der Waals surface area contributed by atoms with E-state index >= 15 is 0 Å². The molecule has 0 aromatic carbocycles. The maximum absolute atomic E-state index is 5.72. The molecule has 1 aliphatic heterocycles. The Morgan fingerprint density at radius 2 is 2.27 bits per heavy atom. The summed E-state index contributed by atoms with van der Waals surface area (Å²) < 4.78 is 10.4. The van der Waals surface area contributed by atoms with Gasteiger partial charge in [0.05, 0.1) is 13.2 Å². The summed E-state index contributed by atoms with van der Waals surface area (Å²) in [6, 6.07) is 0.235. The first-order valence-corrected chi connectivity index (χ1v) is 5.05. The zero-order valence-corrected chi connectivity index (χ0v) is 8.99. The Morgan fingerprint density at radius 3 is 2.87 bits per heavy atom. The molecule has 0 atom stereocenters. The van der Waals surface area contributed by atoms with Gasteiger partial charge in [-0.25, -0.2) is 0 Å². The number of aromatic nitrogens is 3. The number of halogens is 1. The molecule has 2 rings (SSSR count). The predicted octanol–water partition coefficient (Wildman–Crippen LogP) is 0.734. The third-order valence-corrected chi connectivity index (χ3v) is 1.97. The smallest absolute Gasteiger partial charge is 0.323 e. The Kier molecular flexibility index (Phi) is 3.17. The molecule has 15 heavy (non-hydrogen) atoms. The van der Waals surface area contributed by atoms with Crippen molar-refractivity contribution in [3.63, 3.8) is 0 Å². The van der Waals surface area contributed by atoms with Gasteiger partial charge in [-0.1, -0.05) is 0 Å². The molecule has 0 unspecified atom stereocenters. The molecule has 0 aliphatic carbocycles. The molecule has 1 aromatic heterocycles. The number of nitrogens with zero attached hydrogens (tertiary/aromatic N) is 3. The van der Waals surface area contributed by atoms with E-state index in [1.165, 1.54) is 0 Å². The normalized spacial score (nSPS) is 15.9. The van der Waals surface area contributed by atoms with Crippen LogP contribution in [0.25, 0.3) is 0 Å². The molecule has 1 fully saturated rings. The first-order chi connectivity index (χ1) is 7.28. The van der Waals surface area contributed by atoms with E-state index in [4.69, 9.17) is 21.1 Å². The van der Waals surface area contributed by atoms with Gasteiger partial charge in [0.2, 0.25) is 11.2 Å². The molecule has 2 heterocycles. The van der Waals surface area contributed by atoms with Crippen LogP contribution in [0.5, 0.6) is 6.01 Å². The van der Waals surface area contributed by atoms with E-state index in [9.17, 15) is 0 Å². The van der Waals surface area contributed by atoms with Crippen LogP contribution in [0, 0.1) is 0 Å². The second-order valence-electron chi connectivity index (χ2n) is 3.02. The zero-order chi connectivity index (χ0) is 10.7. The lowest BCUT2D eigenvalue weighted by Crippen LogP contribution is -2.39. The molecule has 0 spiro atoms. The van der Waals surface area contributed by atoms with E-state index in [-0.39, 0.29) is 17.4 Å². The number of hydrogen-bond donors (Lipinski definition) is 1. The highest BCUT2D eigenvalue weighted by Crippen LogP contribution is 2.15. The fourth-order valence-corrected chi connectivity index (χ4v) is 1.21. The number of nitrogens with one attached hydrogen (secondary N) is 1. The molecule has 0 bridgehead atoms. The minimum atomic E-state index is 0.0259. The topological polar surface area (TPSA) is 69.2 Å². The van der Waals surface area contributed by atoms with E-state index < -0.39 is 0 Å². The van der Waals surface area contributed by atoms with Gasteiger partial charge in [0.25, 0.3) is 0 Å². The second-order valence-corrected chi connectivity index (χ2v) is 3.36. The molecule has 0 saturated carbocycles. The number of anilines is 1. The van der Waals surface area contributed by atoms with Crippen LogP contribution in [-0.2, 0) is 4.74 Å². The summed E-state index contributed by atoms with van der Waals surface area (Å²) >= 11 is 5.72. The number of ether oxygens (including phenoxy) is 2. The maximum Gasteiger partial charge on any atom is 0.323 e. The lowest BCUT2D eigenvalue weighted by Gasteiger charge is -2.25. The summed E-state index contributed by atoms with van der Waals surface area (Å²) in [5, 5.41) is 3.06. The lowest BCUT2D eigenvalue weighted by atomic mass is 10.3. The molecule has 0 radical (unpaired) electrons. The molecule has 1 N–H and O–H groups in total. The number of rotatable bonds is 4. The highest BCUT2D eigenvalue weighted by molar-refractivity contribution is 6.28. The molecule has 1 aliphatic rings. The maximum atomic E-state index is 5.72. The Bertz CT molecular complexity index is 345. The summed E-state index contributed by atoms with van der Waals surface area (Å²) in [6.07, 6.45) is 0.0259. The number of hydrogen-bond acceptors (Lipinski definition) is 6. The molecular formula is C8H11ClN4O2. The Hall–Kier alpha value is -1.14. The molecule has 82 valence electrons. The summed E-state index contributed by atoms with van der Waals surface area (Å²) in [6.45, 7) is 3.80. The standard InChI is InChI=1S/C8H11ClN4O2/c1-2-10-7-11-6(9)12-8(13-7)15-5-3-14-4-5/h5H,2-4H2,1H3,(H,10,11,12,13). The minimum Gasteiger partial charge on any atom is -0.455 e. The molecule has 1 saturated heterocycles. The fourth-order valence-electron chi connectivity index (χ4n) is 1.05. The average molecular weight is 231 g/mol. The van der Waals surface area contributed by atoms with Gasteiger partial charge in [0, 0.05) is 6.54 Å². The molecule has 7 heteroatoms. The Balaban J connectivity index is 2.07. The van der Waals surface area contributed by atoms with Crippen LogP contribution in [0.1, 0.15) is 6.92 Å². The van der Waals surface area contributed by atoms with Gasteiger partial charge in [0.1, 0.15) is 6.10 Å². The van der Waals surface area contributed by atoms with Crippen LogP contribution in [0.15, 0.2) is 0 Å². The van der Waals surface area contributed by atoms with E-state index in [0.29, 0.717) is 25.7 Å². The highest BCUT2D eigenvalue weighted by atomic mass is 35.5. The van der Waals surface area contributed by atoms with E-state index in [0.717, 1.165) is 0 Å². The summed E-state index contributed by atoms with van der Waals surface area (Å²) in [5.74, 6) is 0.424. The third kappa shape index (κ3) is 2.66. The van der Waals surface area contributed by atoms with Gasteiger partial charge < -0.3 is 14.8 Å². The Morgan fingerprint density at radius 1 is 1.47 bits per heavy atom. The van der Waals surface area contributed by atoms with Crippen LogP contribution in [0.3, 0.4) is 0 Å². The fraction of sp³-hybridized carbons (Fsp3) is 0.625. The lowest BCUT2D eigenvalue weighted by molar-refractivity contribution is -0.0831. The van der Waals surface area contributed by atoms with E-state index in [1.807, 2.05) is 6.92 Å². The Labute approximate surface area is 92.0 Å². The van der Waals surface area contributed by atoms with Gasteiger partial charge in [-0.05, 0) is 18.5 Å². The van der Waals surface area contributed by atoms with Crippen LogP contribution in [0.4, 0.5) is 5.95 Å². The van der Waals surface area contributed by atoms with E-state index in [2.05, 4.69) is 20.3 Å². The predicted molar refractivity (Wildman–Crippen MR) is 54.2 cm³/mol.